The highest BCUT2D eigenvalue weighted by Crippen LogP contribution is 2.31. The van der Waals surface area contributed by atoms with E-state index in [4.69, 9.17) is 16.3 Å². The number of para-hydroxylation sites is 2. The number of hydrogen-bond acceptors (Lipinski definition) is 6. The number of nitrogens with one attached hydrogen (secondary N) is 2. The van der Waals surface area contributed by atoms with Gasteiger partial charge in [0.25, 0.3) is 17.7 Å². The lowest BCUT2D eigenvalue weighted by molar-refractivity contribution is -0.120. The van der Waals surface area contributed by atoms with E-state index in [2.05, 4.69) is 10.6 Å². The molecular weight excluding hydrogens is 477 g/mol. The van der Waals surface area contributed by atoms with E-state index < -0.39 is 34.5 Å². The number of methoxy groups -OCH3 is 1. The Labute approximate surface area is 203 Å². The summed E-state index contributed by atoms with van der Waals surface area (Å²) < 4.78 is 18.9. The van der Waals surface area contributed by atoms with E-state index in [1.165, 1.54) is 43.5 Å². The first-order valence-corrected chi connectivity index (χ1v) is 10.6. The molecule has 0 aliphatic carbocycles. The Kier molecular flexibility index (Phi) is 6.61. The lowest BCUT2D eigenvalue weighted by Gasteiger charge is -2.16. The molecule has 3 amide bonds. The van der Waals surface area contributed by atoms with Crippen LogP contribution < -0.4 is 15.5 Å². The zero-order valence-corrected chi connectivity index (χ0v) is 18.9. The first-order valence-electron chi connectivity index (χ1n) is 10.2. The summed E-state index contributed by atoms with van der Waals surface area (Å²) in [5.74, 6) is -3.62. The second-order valence-corrected chi connectivity index (χ2v) is 7.66. The number of benzene rings is 3. The van der Waals surface area contributed by atoms with E-state index in [1.54, 1.807) is 30.3 Å². The van der Waals surface area contributed by atoms with Crippen molar-refractivity contribution in [2.75, 3.05) is 22.6 Å². The smallest absolute Gasteiger partial charge is 0.339 e. The van der Waals surface area contributed by atoms with Gasteiger partial charge in [-0.2, -0.15) is 0 Å². The molecular formula is C25H17ClFN3O5. The van der Waals surface area contributed by atoms with Gasteiger partial charge in [-0.15, -0.1) is 0 Å². The summed E-state index contributed by atoms with van der Waals surface area (Å²) in [5.41, 5.74) is 0.421. The molecule has 4 rings (SSSR count). The lowest BCUT2D eigenvalue weighted by atomic mass is 10.1. The van der Waals surface area contributed by atoms with Crippen LogP contribution in [0.15, 0.2) is 83.5 Å². The molecule has 176 valence electrons. The molecule has 2 N–H and O–H groups in total. The number of nitrogens with zero attached hydrogens (tertiary/aromatic N) is 1. The van der Waals surface area contributed by atoms with Crippen molar-refractivity contribution in [3.05, 3.63) is 100 Å². The van der Waals surface area contributed by atoms with Crippen LogP contribution in [0.5, 0.6) is 0 Å². The van der Waals surface area contributed by atoms with Gasteiger partial charge in [-0.25, -0.2) is 14.1 Å². The minimum atomic E-state index is -0.877. The highest BCUT2D eigenvalue weighted by Gasteiger charge is 2.40. The highest BCUT2D eigenvalue weighted by molar-refractivity contribution is 6.53. The van der Waals surface area contributed by atoms with Gasteiger partial charge in [0.15, 0.2) is 0 Å². The fraction of sp³-hybridized carbons (Fsp3) is 0.0400. The number of esters is 1. The van der Waals surface area contributed by atoms with Crippen molar-refractivity contribution in [1.82, 2.24) is 0 Å². The first-order chi connectivity index (χ1) is 16.8. The van der Waals surface area contributed by atoms with E-state index in [1.807, 2.05) is 0 Å². The second-order valence-electron chi connectivity index (χ2n) is 7.28. The molecule has 10 heteroatoms. The third kappa shape index (κ3) is 4.62. The first kappa shape index (κ1) is 23.7. The molecule has 0 spiro atoms. The van der Waals surface area contributed by atoms with Crippen molar-refractivity contribution < 1.29 is 28.3 Å². The van der Waals surface area contributed by atoms with Crippen LogP contribution in [0.3, 0.4) is 0 Å². The number of amides is 3. The maximum atomic E-state index is 14.2. The van der Waals surface area contributed by atoms with Crippen molar-refractivity contribution >= 4 is 52.4 Å². The van der Waals surface area contributed by atoms with Gasteiger partial charge in [0.05, 0.1) is 24.0 Å². The minimum Gasteiger partial charge on any atom is -0.465 e. The predicted octanol–water partition coefficient (Wildman–Crippen LogP) is 4.30. The Morgan fingerprint density at radius 3 is 2.40 bits per heavy atom. The SMILES string of the molecule is COC(=O)c1ccccc1NC(=O)c1cccc(NC2=C(Cl)C(=O)N(c3ccccc3F)C2=O)c1. The molecule has 1 aliphatic rings. The number of imide groups is 1. The third-order valence-corrected chi connectivity index (χ3v) is 5.45. The zero-order valence-electron chi connectivity index (χ0n) is 18.2. The van der Waals surface area contributed by atoms with Crippen LogP contribution in [0.25, 0.3) is 0 Å². The van der Waals surface area contributed by atoms with Gasteiger partial charge in [0, 0.05) is 11.3 Å². The third-order valence-electron chi connectivity index (χ3n) is 5.10. The molecule has 0 saturated heterocycles. The molecule has 0 fully saturated rings. The zero-order chi connectivity index (χ0) is 25.1. The van der Waals surface area contributed by atoms with Crippen molar-refractivity contribution in [2.24, 2.45) is 0 Å². The average Bonchev–Trinajstić information content (AvgIpc) is 3.07. The molecule has 0 bridgehead atoms. The Hall–Kier alpha value is -4.50. The maximum Gasteiger partial charge on any atom is 0.339 e. The van der Waals surface area contributed by atoms with Gasteiger partial charge < -0.3 is 15.4 Å². The quantitative estimate of drug-likeness (QED) is 0.392. The van der Waals surface area contributed by atoms with Crippen LogP contribution in [0, 0.1) is 5.82 Å². The summed E-state index contributed by atoms with van der Waals surface area (Å²) in [5, 5.41) is 4.98. The van der Waals surface area contributed by atoms with E-state index in [0.29, 0.717) is 4.90 Å². The summed E-state index contributed by atoms with van der Waals surface area (Å²) in [6.07, 6.45) is 0. The van der Waals surface area contributed by atoms with Crippen LogP contribution >= 0.6 is 11.6 Å². The second kappa shape index (κ2) is 9.78. The molecule has 0 unspecified atom stereocenters. The molecule has 8 nitrogen and oxygen atoms in total. The van der Waals surface area contributed by atoms with Gasteiger partial charge in [0.2, 0.25) is 0 Å². The van der Waals surface area contributed by atoms with E-state index in [9.17, 15) is 23.6 Å². The molecule has 35 heavy (non-hydrogen) atoms. The average molecular weight is 494 g/mol. The Balaban J connectivity index is 1.56. The number of carbonyl (C=O) groups excluding carboxylic acids is 4. The van der Waals surface area contributed by atoms with Crippen molar-refractivity contribution in [3.63, 3.8) is 0 Å². The number of rotatable bonds is 6. The fourth-order valence-corrected chi connectivity index (χ4v) is 3.63. The standard InChI is InChI=1S/C25H17ClFN3O5/c1-35-25(34)16-9-2-4-11-18(16)29-22(31)14-7-6-8-15(13-14)28-21-20(26)23(32)30(24(21)33)19-12-5-3-10-17(19)27/h2-13,28H,1H3,(H,29,31). The van der Waals surface area contributed by atoms with Crippen molar-refractivity contribution in [2.45, 2.75) is 0 Å². The molecule has 3 aromatic carbocycles. The molecule has 1 heterocycles. The summed E-state index contributed by atoms with van der Waals surface area (Å²) in [4.78, 5) is 50.9. The molecule has 0 atom stereocenters. The van der Waals surface area contributed by atoms with Crippen molar-refractivity contribution in [1.29, 1.82) is 0 Å². The number of halogens is 2. The van der Waals surface area contributed by atoms with Gasteiger partial charge in [-0.1, -0.05) is 41.9 Å². The molecule has 0 radical (unpaired) electrons. The largest absolute Gasteiger partial charge is 0.465 e. The summed E-state index contributed by atoms with van der Waals surface area (Å²) >= 11 is 6.10. The van der Waals surface area contributed by atoms with Gasteiger partial charge in [-0.05, 0) is 42.5 Å². The van der Waals surface area contributed by atoms with Crippen LogP contribution in [0.2, 0.25) is 0 Å². The number of anilines is 3. The van der Waals surface area contributed by atoms with E-state index >= 15 is 0 Å². The summed E-state index contributed by atoms with van der Waals surface area (Å²) in [7, 11) is 1.23. The fourth-order valence-electron chi connectivity index (χ4n) is 3.42. The normalized spacial score (nSPS) is 13.2. The van der Waals surface area contributed by atoms with Crippen LogP contribution in [-0.4, -0.2) is 30.8 Å². The van der Waals surface area contributed by atoms with Gasteiger partial charge in [0.1, 0.15) is 16.5 Å². The number of ether oxygens (including phenoxy) is 1. The monoisotopic (exact) mass is 493 g/mol. The van der Waals surface area contributed by atoms with Crippen LogP contribution in [0.1, 0.15) is 20.7 Å². The van der Waals surface area contributed by atoms with Crippen LogP contribution in [-0.2, 0) is 14.3 Å². The number of carbonyl (C=O) groups is 4. The van der Waals surface area contributed by atoms with Gasteiger partial charge in [-0.3, -0.25) is 14.4 Å². The highest BCUT2D eigenvalue weighted by atomic mass is 35.5. The van der Waals surface area contributed by atoms with Gasteiger partial charge >= 0.3 is 5.97 Å². The summed E-state index contributed by atoms with van der Waals surface area (Å²) in [6.45, 7) is 0. The van der Waals surface area contributed by atoms with E-state index in [0.717, 1.165) is 6.07 Å². The lowest BCUT2D eigenvalue weighted by Crippen LogP contribution is -2.33. The molecule has 0 saturated carbocycles. The number of hydrogen-bond donors (Lipinski definition) is 2. The maximum absolute atomic E-state index is 14.2. The minimum absolute atomic E-state index is 0.179. The Morgan fingerprint density at radius 1 is 0.943 bits per heavy atom. The molecule has 1 aliphatic heterocycles. The van der Waals surface area contributed by atoms with E-state index in [-0.39, 0.29) is 33.9 Å². The molecule has 3 aromatic rings. The Morgan fingerprint density at radius 2 is 1.66 bits per heavy atom. The van der Waals surface area contributed by atoms with Crippen molar-refractivity contribution in [3.8, 4) is 0 Å². The van der Waals surface area contributed by atoms with Crippen LogP contribution in [0.4, 0.5) is 21.5 Å². The Bertz CT molecular complexity index is 1410. The summed E-state index contributed by atoms with van der Waals surface area (Å²) in [6, 6.07) is 17.7. The topological polar surface area (TPSA) is 105 Å². The predicted molar refractivity (Wildman–Crippen MR) is 128 cm³/mol. The molecule has 0 aromatic heterocycles.